The van der Waals surface area contributed by atoms with Crippen LogP contribution in [-0.2, 0) is 4.43 Å². The summed E-state index contributed by atoms with van der Waals surface area (Å²) < 4.78 is 6.23. The summed E-state index contributed by atoms with van der Waals surface area (Å²) in [7, 11) is -1.68. The molecule has 0 aromatic heterocycles. The Bertz CT molecular complexity index is 978. The van der Waals surface area contributed by atoms with Crippen molar-refractivity contribution in [3.05, 3.63) is 77.4 Å². The first-order chi connectivity index (χ1) is 15.2. The number of aliphatic hydroxyl groups excluding tert-OH is 1. The maximum atomic E-state index is 10.7. The molecule has 0 fully saturated rings. The second kappa shape index (κ2) is 12.5. The molecule has 0 aliphatic rings. The predicted molar refractivity (Wildman–Crippen MR) is 139 cm³/mol. The van der Waals surface area contributed by atoms with Gasteiger partial charge in [-0.25, -0.2) is 0 Å². The van der Waals surface area contributed by atoms with E-state index >= 15 is 0 Å². The third kappa shape index (κ3) is 8.89. The monoisotopic (exact) mass is 444 g/mol. The topological polar surface area (TPSA) is 29.5 Å². The van der Waals surface area contributed by atoms with E-state index < -0.39 is 14.4 Å². The fraction of sp³-hybridized carbons (Fsp3) is 0.379. The van der Waals surface area contributed by atoms with Crippen LogP contribution < -0.4 is 0 Å². The highest BCUT2D eigenvalue weighted by Crippen LogP contribution is 2.36. The van der Waals surface area contributed by atoms with E-state index in [1.165, 1.54) is 0 Å². The zero-order valence-electron chi connectivity index (χ0n) is 20.1. The lowest BCUT2D eigenvalue weighted by Crippen LogP contribution is -2.40. The first-order valence-corrected chi connectivity index (χ1v) is 14.2. The van der Waals surface area contributed by atoms with Crippen molar-refractivity contribution >= 4 is 14.4 Å². The van der Waals surface area contributed by atoms with Crippen LogP contribution in [0.4, 0.5) is 0 Å². The van der Waals surface area contributed by atoms with Crippen LogP contribution >= 0.6 is 0 Å². The Hall–Kier alpha value is -2.56. The van der Waals surface area contributed by atoms with Crippen molar-refractivity contribution in [2.24, 2.45) is 0 Å². The van der Waals surface area contributed by atoms with Gasteiger partial charge in [-0.2, -0.15) is 0 Å². The smallest absolute Gasteiger partial charge is 0.191 e. The fourth-order valence-electron chi connectivity index (χ4n) is 2.69. The first-order valence-electron chi connectivity index (χ1n) is 11.3. The normalized spacial score (nSPS) is 12.9. The molecule has 0 heterocycles. The van der Waals surface area contributed by atoms with Gasteiger partial charge >= 0.3 is 0 Å². The Morgan fingerprint density at radius 1 is 1.00 bits per heavy atom. The van der Waals surface area contributed by atoms with E-state index in [2.05, 4.69) is 57.5 Å². The van der Waals surface area contributed by atoms with E-state index in [9.17, 15) is 5.11 Å². The van der Waals surface area contributed by atoms with Crippen molar-refractivity contribution in [3.63, 3.8) is 0 Å². The molecule has 0 amide bonds. The van der Waals surface area contributed by atoms with E-state index in [-0.39, 0.29) is 5.04 Å². The average Bonchev–Trinajstić information content (AvgIpc) is 2.76. The van der Waals surface area contributed by atoms with Gasteiger partial charge in [0, 0.05) is 24.2 Å². The summed E-state index contributed by atoms with van der Waals surface area (Å²) >= 11 is 0. The predicted octanol–water partition coefficient (Wildman–Crippen LogP) is 6.68. The summed E-state index contributed by atoms with van der Waals surface area (Å²) in [5, 5.41) is 10.9. The number of hydrogen-bond donors (Lipinski definition) is 1. The minimum atomic E-state index is -1.68. The largest absolute Gasteiger partial charge is 0.417 e. The standard InChI is InChI=1S/C29H36O2Si/c1-29(2,3)32(4,5)31-23-15-7-6-14-20-27(24-26-18-12-9-13-19-26)28(30)22-21-25-16-10-8-11-17-25/h8-13,16-19,24,28,30H,6-7,15,23H2,1-5H3/b27-24+. The van der Waals surface area contributed by atoms with Crippen LogP contribution in [0.2, 0.25) is 18.1 Å². The van der Waals surface area contributed by atoms with E-state index in [0.29, 0.717) is 5.57 Å². The van der Waals surface area contributed by atoms with Gasteiger partial charge in [0.05, 0.1) is 0 Å². The van der Waals surface area contributed by atoms with Crippen molar-refractivity contribution in [3.8, 4) is 23.7 Å². The molecule has 0 bridgehead atoms. The van der Waals surface area contributed by atoms with E-state index in [4.69, 9.17) is 4.43 Å². The van der Waals surface area contributed by atoms with Gasteiger partial charge in [-0.1, -0.05) is 93.0 Å². The van der Waals surface area contributed by atoms with E-state index in [1.54, 1.807) is 0 Å². The molecule has 2 rings (SSSR count). The van der Waals surface area contributed by atoms with Crippen LogP contribution in [0.1, 0.15) is 51.2 Å². The molecule has 32 heavy (non-hydrogen) atoms. The van der Waals surface area contributed by atoms with Gasteiger partial charge in [0.2, 0.25) is 0 Å². The molecule has 0 saturated carbocycles. The van der Waals surface area contributed by atoms with Crippen LogP contribution in [0.5, 0.6) is 0 Å². The van der Waals surface area contributed by atoms with E-state index in [0.717, 1.165) is 37.0 Å². The van der Waals surface area contributed by atoms with Gasteiger partial charge in [0.15, 0.2) is 8.32 Å². The van der Waals surface area contributed by atoms with Crippen LogP contribution in [-0.4, -0.2) is 26.1 Å². The minimum absolute atomic E-state index is 0.237. The Kier molecular flexibility index (Phi) is 10.0. The second-order valence-electron chi connectivity index (χ2n) is 9.42. The summed E-state index contributed by atoms with van der Waals surface area (Å²) in [4.78, 5) is 0. The molecular formula is C29H36O2Si. The molecule has 1 atom stereocenters. The lowest BCUT2D eigenvalue weighted by Gasteiger charge is -2.36. The van der Waals surface area contributed by atoms with Crippen molar-refractivity contribution < 1.29 is 9.53 Å². The maximum Gasteiger partial charge on any atom is 0.191 e. The molecule has 0 aliphatic heterocycles. The zero-order valence-corrected chi connectivity index (χ0v) is 21.1. The third-order valence-corrected chi connectivity index (χ3v) is 10.3. The maximum absolute atomic E-state index is 10.7. The third-order valence-electron chi connectivity index (χ3n) is 5.74. The Balaban J connectivity index is 1.99. The highest BCUT2D eigenvalue weighted by Gasteiger charge is 2.36. The molecule has 0 spiro atoms. The van der Waals surface area contributed by atoms with Gasteiger partial charge in [0.25, 0.3) is 0 Å². The highest BCUT2D eigenvalue weighted by atomic mass is 28.4. The number of rotatable bonds is 7. The van der Waals surface area contributed by atoms with Gasteiger partial charge in [-0.15, -0.1) is 0 Å². The van der Waals surface area contributed by atoms with Crippen LogP contribution in [0, 0.1) is 23.7 Å². The molecular weight excluding hydrogens is 408 g/mol. The molecule has 2 aromatic rings. The minimum Gasteiger partial charge on any atom is -0.417 e. The van der Waals surface area contributed by atoms with Crippen LogP contribution in [0.25, 0.3) is 6.08 Å². The Morgan fingerprint density at radius 3 is 2.25 bits per heavy atom. The number of aliphatic hydroxyl groups is 1. The lowest BCUT2D eigenvalue weighted by molar-refractivity contribution is 0.274. The molecule has 2 nitrogen and oxygen atoms in total. The zero-order chi connectivity index (χ0) is 23.5. The van der Waals surface area contributed by atoms with Crippen LogP contribution in [0.15, 0.2) is 66.2 Å². The fourth-order valence-corrected chi connectivity index (χ4v) is 3.77. The molecule has 0 aliphatic carbocycles. The quantitative estimate of drug-likeness (QED) is 0.293. The van der Waals surface area contributed by atoms with E-state index in [1.807, 2.05) is 66.7 Å². The summed E-state index contributed by atoms with van der Waals surface area (Å²) in [5.74, 6) is 12.3. The molecule has 0 saturated heterocycles. The molecule has 2 aromatic carbocycles. The Labute approximate surface area is 195 Å². The Morgan fingerprint density at radius 2 is 1.62 bits per heavy atom. The van der Waals surface area contributed by atoms with Gasteiger partial charge in [-0.05, 0) is 54.7 Å². The molecule has 3 heteroatoms. The number of hydrogen-bond acceptors (Lipinski definition) is 2. The average molecular weight is 445 g/mol. The number of benzene rings is 2. The van der Waals surface area contributed by atoms with Crippen LogP contribution in [0.3, 0.4) is 0 Å². The summed E-state index contributed by atoms with van der Waals surface area (Å²) in [6.45, 7) is 12.1. The van der Waals surface area contributed by atoms with Gasteiger partial charge in [-0.3, -0.25) is 0 Å². The van der Waals surface area contributed by atoms with Crippen molar-refractivity contribution in [1.82, 2.24) is 0 Å². The summed E-state index contributed by atoms with van der Waals surface area (Å²) in [6.07, 6.45) is 3.73. The lowest BCUT2D eigenvalue weighted by atomic mass is 10.1. The molecule has 1 unspecified atom stereocenters. The van der Waals surface area contributed by atoms with Gasteiger partial charge in [0.1, 0.15) is 6.10 Å². The molecule has 168 valence electrons. The molecule has 0 radical (unpaired) electrons. The van der Waals surface area contributed by atoms with Crippen molar-refractivity contribution in [1.29, 1.82) is 0 Å². The first kappa shape index (κ1) is 25.7. The summed E-state index contributed by atoms with van der Waals surface area (Å²) in [6, 6.07) is 19.6. The number of unbranched alkanes of at least 4 members (excludes halogenated alkanes) is 2. The SMILES string of the molecule is CC(C)(C)[Si](C)(C)OCCCCC#C/C(=C\c1ccccc1)C(O)C#Cc1ccccc1. The second-order valence-corrected chi connectivity index (χ2v) is 14.2. The molecule has 1 N–H and O–H groups in total. The highest BCUT2D eigenvalue weighted by molar-refractivity contribution is 6.74. The summed E-state index contributed by atoms with van der Waals surface area (Å²) in [5.41, 5.74) is 2.50. The van der Waals surface area contributed by atoms with Crippen molar-refractivity contribution in [2.75, 3.05) is 6.61 Å². The van der Waals surface area contributed by atoms with Crippen molar-refractivity contribution in [2.45, 2.75) is 64.3 Å². The van der Waals surface area contributed by atoms with Gasteiger partial charge < -0.3 is 9.53 Å².